The SMILES string of the molecule is COc1ccccc1CC(C)Nc1ccccc1SC. The molecule has 0 aromatic heterocycles. The summed E-state index contributed by atoms with van der Waals surface area (Å²) in [5.74, 6) is 0.958. The molecular weight excluding hydrogens is 266 g/mol. The van der Waals surface area contributed by atoms with Gasteiger partial charge >= 0.3 is 0 Å². The van der Waals surface area contributed by atoms with Crippen LogP contribution in [0, 0.1) is 0 Å². The number of ether oxygens (including phenoxy) is 1. The van der Waals surface area contributed by atoms with Gasteiger partial charge in [-0.25, -0.2) is 0 Å². The summed E-state index contributed by atoms with van der Waals surface area (Å²) in [5.41, 5.74) is 2.43. The Morgan fingerprint density at radius 2 is 1.80 bits per heavy atom. The van der Waals surface area contributed by atoms with Crippen LogP contribution in [0.5, 0.6) is 5.75 Å². The number of para-hydroxylation sites is 2. The average Bonchev–Trinajstić information content (AvgIpc) is 2.48. The molecule has 0 amide bonds. The molecule has 1 N–H and O–H groups in total. The Morgan fingerprint density at radius 1 is 1.10 bits per heavy atom. The van der Waals surface area contributed by atoms with Crippen LogP contribution in [0.15, 0.2) is 53.4 Å². The lowest BCUT2D eigenvalue weighted by Crippen LogP contribution is -2.18. The maximum atomic E-state index is 5.41. The first kappa shape index (κ1) is 14.8. The number of hydrogen-bond acceptors (Lipinski definition) is 3. The molecule has 0 heterocycles. The Balaban J connectivity index is 2.07. The van der Waals surface area contributed by atoms with Gasteiger partial charge in [0.1, 0.15) is 5.75 Å². The smallest absolute Gasteiger partial charge is 0.122 e. The Hall–Kier alpha value is -1.61. The summed E-state index contributed by atoms with van der Waals surface area (Å²) in [7, 11) is 1.72. The Morgan fingerprint density at radius 3 is 2.55 bits per heavy atom. The molecule has 20 heavy (non-hydrogen) atoms. The highest BCUT2D eigenvalue weighted by Gasteiger charge is 2.09. The molecule has 2 rings (SSSR count). The van der Waals surface area contributed by atoms with E-state index in [0.29, 0.717) is 6.04 Å². The van der Waals surface area contributed by atoms with Crippen LogP contribution in [0.25, 0.3) is 0 Å². The van der Waals surface area contributed by atoms with E-state index in [1.54, 1.807) is 18.9 Å². The fraction of sp³-hybridized carbons (Fsp3) is 0.294. The summed E-state index contributed by atoms with van der Waals surface area (Å²) in [4.78, 5) is 1.28. The van der Waals surface area contributed by atoms with Crippen molar-refractivity contribution < 1.29 is 4.74 Å². The number of thioether (sulfide) groups is 1. The van der Waals surface area contributed by atoms with Crippen LogP contribution in [0.1, 0.15) is 12.5 Å². The first-order valence-electron chi connectivity index (χ1n) is 6.76. The van der Waals surface area contributed by atoms with Crippen LogP contribution in [-0.2, 0) is 6.42 Å². The normalized spacial score (nSPS) is 11.9. The second kappa shape index (κ2) is 7.25. The minimum absolute atomic E-state index is 0.347. The minimum atomic E-state index is 0.347. The zero-order chi connectivity index (χ0) is 14.4. The van der Waals surface area contributed by atoms with E-state index < -0.39 is 0 Å². The van der Waals surface area contributed by atoms with E-state index in [9.17, 15) is 0 Å². The van der Waals surface area contributed by atoms with E-state index in [1.807, 2.05) is 12.1 Å². The quantitative estimate of drug-likeness (QED) is 0.793. The summed E-state index contributed by atoms with van der Waals surface area (Å²) in [6, 6.07) is 17.0. The molecule has 106 valence electrons. The van der Waals surface area contributed by atoms with Gasteiger partial charge in [-0.3, -0.25) is 0 Å². The van der Waals surface area contributed by atoms with Gasteiger partial charge in [0.2, 0.25) is 0 Å². The Labute approximate surface area is 125 Å². The lowest BCUT2D eigenvalue weighted by Gasteiger charge is -2.18. The summed E-state index contributed by atoms with van der Waals surface area (Å²) in [5, 5.41) is 3.58. The molecule has 0 radical (unpaired) electrons. The highest BCUT2D eigenvalue weighted by molar-refractivity contribution is 7.98. The Bertz CT molecular complexity index is 507. The van der Waals surface area contributed by atoms with Crippen LogP contribution >= 0.6 is 11.8 Å². The second-order valence-electron chi connectivity index (χ2n) is 4.76. The molecule has 0 fully saturated rings. The number of benzene rings is 2. The van der Waals surface area contributed by atoms with Crippen molar-refractivity contribution in [2.45, 2.75) is 24.3 Å². The van der Waals surface area contributed by atoms with E-state index in [0.717, 1.165) is 12.2 Å². The highest BCUT2D eigenvalue weighted by Crippen LogP contribution is 2.26. The number of methoxy groups -OCH3 is 1. The molecule has 1 atom stereocenters. The molecule has 0 spiro atoms. The van der Waals surface area contributed by atoms with Crippen molar-refractivity contribution >= 4 is 17.4 Å². The molecule has 2 nitrogen and oxygen atoms in total. The van der Waals surface area contributed by atoms with Gasteiger partial charge in [-0.2, -0.15) is 0 Å². The highest BCUT2D eigenvalue weighted by atomic mass is 32.2. The van der Waals surface area contributed by atoms with Crippen LogP contribution in [0.3, 0.4) is 0 Å². The van der Waals surface area contributed by atoms with Gasteiger partial charge in [0.25, 0.3) is 0 Å². The van der Waals surface area contributed by atoms with E-state index in [-0.39, 0.29) is 0 Å². The number of hydrogen-bond donors (Lipinski definition) is 1. The second-order valence-corrected chi connectivity index (χ2v) is 5.61. The van der Waals surface area contributed by atoms with E-state index in [1.165, 1.54) is 16.1 Å². The van der Waals surface area contributed by atoms with E-state index in [4.69, 9.17) is 4.74 Å². The first-order chi connectivity index (χ1) is 9.74. The average molecular weight is 287 g/mol. The number of anilines is 1. The largest absolute Gasteiger partial charge is 0.496 e. The standard InChI is InChI=1S/C17H21NOS/c1-13(12-14-8-4-6-10-16(14)19-2)18-15-9-5-7-11-17(15)20-3/h4-11,13,18H,12H2,1-3H3. The molecule has 0 saturated carbocycles. The number of nitrogens with one attached hydrogen (secondary N) is 1. The molecule has 0 bridgehead atoms. The monoisotopic (exact) mass is 287 g/mol. The fourth-order valence-electron chi connectivity index (χ4n) is 2.28. The lowest BCUT2D eigenvalue weighted by molar-refractivity contribution is 0.409. The van der Waals surface area contributed by atoms with Gasteiger partial charge in [0, 0.05) is 16.6 Å². The maximum absolute atomic E-state index is 5.41. The van der Waals surface area contributed by atoms with Gasteiger partial charge < -0.3 is 10.1 Å². The third-order valence-corrected chi connectivity index (χ3v) is 4.02. The molecular formula is C17H21NOS. The lowest BCUT2D eigenvalue weighted by atomic mass is 10.1. The van der Waals surface area contributed by atoms with Crippen molar-refractivity contribution in [3.63, 3.8) is 0 Å². The van der Waals surface area contributed by atoms with E-state index >= 15 is 0 Å². The van der Waals surface area contributed by atoms with Gasteiger partial charge in [-0.15, -0.1) is 11.8 Å². The molecule has 0 aliphatic carbocycles. The van der Waals surface area contributed by atoms with Gasteiger partial charge in [-0.05, 0) is 43.4 Å². The Kier molecular flexibility index (Phi) is 5.36. The third kappa shape index (κ3) is 3.70. The summed E-state index contributed by atoms with van der Waals surface area (Å²) >= 11 is 1.76. The number of rotatable bonds is 6. The zero-order valence-corrected chi connectivity index (χ0v) is 13.0. The molecule has 0 saturated heterocycles. The van der Waals surface area contributed by atoms with Crippen molar-refractivity contribution in [3.8, 4) is 5.75 Å². The van der Waals surface area contributed by atoms with Gasteiger partial charge in [0.15, 0.2) is 0 Å². The topological polar surface area (TPSA) is 21.3 Å². The zero-order valence-electron chi connectivity index (χ0n) is 12.2. The predicted molar refractivity (Wildman–Crippen MR) is 88.0 cm³/mol. The van der Waals surface area contributed by atoms with Crippen LogP contribution in [0.4, 0.5) is 5.69 Å². The van der Waals surface area contributed by atoms with Crippen LogP contribution in [0.2, 0.25) is 0 Å². The van der Waals surface area contributed by atoms with Crippen molar-refractivity contribution in [2.75, 3.05) is 18.7 Å². The van der Waals surface area contributed by atoms with E-state index in [2.05, 4.69) is 54.9 Å². The molecule has 2 aromatic carbocycles. The maximum Gasteiger partial charge on any atom is 0.122 e. The van der Waals surface area contributed by atoms with Crippen molar-refractivity contribution in [1.82, 2.24) is 0 Å². The first-order valence-corrected chi connectivity index (χ1v) is 7.98. The van der Waals surface area contributed by atoms with Crippen LogP contribution < -0.4 is 10.1 Å². The van der Waals surface area contributed by atoms with Crippen molar-refractivity contribution in [1.29, 1.82) is 0 Å². The molecule has 0 aliphatic rings. The van der Waals surface area contributed by atoms with Crippen molar-refractivity contribution in [3.05, 3.63) is 54.1 Å². The predicted octanol–water partition coefficient (Wildman–Crippen LogP) is 4.46. The molecule has 2 aromatic rings. The molecule has 0 aliphatic heterocycles. The summed E-state index contributed by atoms with van der Waals surface area (Å²) in [6.45, 7) is 2.20. The summed E-state index contributed by atoms with van der Waals surface area (Å²) < 4.78 is 5.41. The molecule has 3 heteroatoms. The third-order valence-electron chi connectivity index (χ3n) is 3.23. The van der Waals surface area contributed by atoms with Gasteiger partial charge in [-0.1, -0.05) is 30.3 Å². The van der Waals surface area contributed by atoms with Gasteiger partial charge in [0.05, 0.1) is 7.11 Å². The fourth-order valence-corrected chi connectivity index (χ4v) is 2.84. The van der Waals surface area contributed by atoms with Crippen LogP contribution in [-0.4, -0.2) is 19.4 Å². The summed E-state index contributed by atoms with van der Waals surface area (Å²) in [6.07, 6.45) is 3.04. The minimum Gasteiger partial charge on any atom is -0.496 e. The molecule has 1 unspecified atom stereocenters. The van der Waals surface area contributed by atoms with Crippen molar-refractivity contribution in [2.24, 2.45) is 0 Å².